The highest BCUT2D eigenvalue weighted by atomic mass is 16.2. The molecule has 0 bridgehead atoms. The number of Topliss-reactive ketones (excluding diaryl/α,β-unsaturated/α-hetero) is 1. The highest BCUT2D eigenvalue weighted by Crippen LogP contribution is 2.30. The van der Waals surface area contributed by atoms with Gasteiger partial charge in [-0.15, -0.1) is 0 Å². The molecule has 2 saturated carbocycles. The van der Waals surface area contributed by atoms with Crippen molar-refractivity contribution in [3.8, 4) is 0 Å². The molecule has 264 valence electrons. The van der Waals surface area contributed by atoms with Gasteiger partial charge in [0.15, 0.2) is 0 Å². The third kappa shape index (κ3) is 9.37. The lowest BCUT2D eigenvalue weighted by Crippen LogP contribution is -2.61. The molecule has 13 heteroatoms. The van der Waals surface area contributed by atoms with Crippen LogP contribution < -0.4 is 21.3 Å². The fourth-order valence-electron chi connectivity index (χ4n) is 6.94. The Bertz CT molecular complexity index is 1300. The smallest absolute Gasteiger partial charge is 0.289 e. The van der Waals surface area contributed by atoms with Crippen molar-refractivity contribution in [2.24, 2.45) is 17.8 Å². The fourth-order valence-corrected chi connectivity index (χ4v) is 6.94. The molecule has 3 fully saturated rings. The molecule has 4 rings (SSSR count). The van der Waals surface area contributed by atoms with E-state index in [2.05, 4.69) is 31.2 Å². The molecule has 1 saturated heterocycles. The van der Waals surface area contributed by atoms with Crippen LogP contribution in [0.2, 0.25) is 0 Å². The molecule has 2 aliphatic carbocycles. The second kappa shape index (κ2) is 17.5. The topological polar surface area (TPSA) is 180 Å². The van der Waals surface area contributed by atoms with Crippen molar-refractivity contribution in [3.05, 3.63) is 24.3 Å². The average Bonchev–Trinajstić information content (AvgIpc) is 3.82. The molecule has 48 heavy (non-hydrogen) atoms. The van der Waals surface area contributed by atoms with E-state index in [1.165, 1.54) is 23.5 Å². The van der Waals surface area contributed by atoms with Crippen LogP contribution in [-0.4, -0.2) is 86.9 Å². The predicted octanol–water partition coefficient (Wildman–Crippen LogP) is 2.45. The van der Waals surface area contributed by atoms with Crippen LogP contribution in [0, 0.1) is 17.8 Å². The summed E-state index contributed by atoms with van der Waals surface area (Å²) in [5.41, 5.74) is 0.0991. The number of amides is 5. The zero-order valence-electron chi connectivity index (χ0n) is 28.8. The number of nitrogens with one attached hydrogen (secondary N) is 4. The number of aromatic nitrogens is 2. The summed E-state index contributed by atoms with van der Waals surface area (Å²) in [6.45, 7) is 7.97. The Kier molecular flexibility index (Phi) is 13.5. The van der Waals surface area contributed by atoms with Crippen LogP contribution in [0.1, 0.15) is 115 Å². The predicted molar refractivity (Wildman–Crippen MR) is 178 cm³/mol. The third-order valence-corrected chi connectivity index (χ3v) is 10.2. The van der Waals surface area contributed by atoms with Crippen molar-refractivity contribution in [1.29, 1.82) is 0 Å². The maximum Gasteiger partial charge on any atom is 0.289 e. The quantitative estimate of drug-likeness (QED) is 0.194. The SMILES string of the molecule is CCCC(NC(=O)[C@@H]1[C@@H](CC)CCN1C(=O)[C@@H](NC(=O)[C@@H](NC(=O)c1cnccn1)C1CCCCC1)[C@@H](C)CC)C(=O)C(=O)NC1CC1. The van der Waals surface area contributed by atoms with E-state index in [0.717, 1.165) is 44.9 Å². The van der Waals surface area contributed by atoms with Gasteiger partial charge in [0.2, 0.25) is 23.5 Å². The van der Waals surface area contributed by atoms with Gasteiger partial charge >= 0.3 is 0 Å². The van der Waals surface area contributed by atoms with Crippen LogP contribution in [0.5, 0.6) is 0 Å². The lowest BCUT2D eigenvalue weighted by Gasteiger charge is -2.35. The summed E-state index contributed by atoms with van der Waals surface area (Å²) >= 11 is 0. The third-order valence-electron chi connectivity index (χ3n) is 10.2. The Labute approximate surface area is 283 Å². The Morgan fingerprint density at radius 2 is 1.65 bits per heavy atom. The zero-order valence-corrected chi connectivity index (χ0v) is 28.8. The Morgan fingerprint density at radius 1 is 0.917 bits per heavy atom. The summed E-state index contributed by atoms with van der Waals surface area (Å²) in [6, 6.07) is -3.64. The van der Waals surface area contributed by atoms with Crippen LogP contribution in [-0.2, 0) is 24.0 Å². The monoisotopic (exact) mass is 667 g/mol. The Hall–Kier alpha value is -3.90. The Balaban J connectivity index is 1.53. The number of hydrogen-bond acceptors (Lipinski definition) is 8. The van der Waals surface area contributed by atoms with Crippen molar-refractivity contribution < 1.29 is 28.8 Å². The van der Waals surface area contributed by atoms with Crippen molar-refractivity contribution in [1.82, 2.24) is 36.1 Å². The number of hydrogen-bond donors (Lipinski definition) is 4. The van der Waals surface area contributed by atoms with Crippen LogP contribution in [0.3, 0.4) is 0 Å². The van der Waals surface area contributed by atoms with Gasteiger partial charge in [-0.1, -0.05) is 66.2 Å². The lowest BCUT2D eigenvalue weighted by atomic mass is 9.83. The number of carbonyl (C=O) groups excluding carboxylic acids is 6. The van der Waals surface area contributed by atoms with Gasteiger partial charge < -0.3 is 26.2 Å². The first-order chi connectivity index (χ1) is 23.1. The van der Waals surface area contributed by atoms with Gasteiger partial charge in [-0.25, -0.2) is 4.98 Å². The van der Waals surface area contributed by atoms with E-state index in [0.29, 0.717) is 38.6 Å². The van der Waals surface area contributed by atoms with E-state index >= 15 is 0 Å². The number of ketones is 1. The summed E-state index contributed by atoms with van der Waals surface area (Å²) in [7, 11) is 0. The minimum atomic E-state index is -0.990. The number of rotatable bonds is 16. The lowest BCUT2D eigenvalue weighted by molar-refractivity contribution is -0.145. The molecule has 4 N–H and O–H groups in total. The molecule has 1 aromatic heterocycles. The first-order valence-corrected chi connectivity index (χ1v) is 17.9. The first-order valence-electron chi connectivity index (χ1n) is 17.9. The van der Waals surface area contributed by atoms with Gasteiger partial charge in [-0.2, -0.15) is 0 Å². The summed E-state index contributed by atoms with van der Waals surface area (Å²) < 4.78 is 0. The van der Waals surface area contributed by atoms with Crippen molar-refractivity contribution in [2.75, 3.05) is 6.54 Å². The molecule has 2 heterocycles. The average molecular weight is 668 g/mol. The number of carbonyl (C=O) groups is 6. The van der Waals surface area contributed by atoms with Gasteiger partial charge in [0.1, 0.15) is 23.8 Å². The maximum atomic E-state index is 14.4. The second-order valence-electron chi connectivity index (χ2n) is 13.7. The molecule has 3 aliphatic rings. The van der Waals surface area contributed by atoms with Gasteiger partial charge in [0, 0.05) is 25.0 Å². The standard InChI is InChI=1S/C35H53N7O6/c1-5-11-25(30(43)34(47)38-24-14-15-24)39-33(46)29-22(7-3)16-19-42(29)35(48)27(21(4)6-2)40-32(45)28(23-12-9-8-10-13-23)41-31(44)26-20-36-17-18-37-26/h17-18,20-25,27-29H,5-16,19H2,1-4H3,(H,38,47)(H,39,46)(H,40,45)(H,41,44)/t21-,22-,25?,27-,28-,29-/m0/s1. The highest BCUT2D eigenvalue weighted by Gasteiger charge is 2.45. The van der Waals surface area contributed by atoms with E-state index in [-0.39, 0.29) is 35.4 Å². The molecule has 13 nitrogen and oxygen atoms in total. The van der Waals surface area contributed by atoms with Gasteiger partial charge in [-0.05, 0) is 56.3 Å². The summed E-state index contributed by atoms with van der Waals surface area (Å²) in [5, 5.41) is 11.4. The molecular weight excluding hydrogens is 614 g/mol. The minimum absolute atomic E-state index is 0.0117. The fraction of sp³-hybridized carbons (Fsp3) is 0.714. The van der Waals surface area contributed by atoms with Crippen molar-refractivity contribution in [3.63, 3.8) is 0 Å². The number of nitrogens with zero attached hydrogens (tertiary/aromatic N) is 3. The summed E-state index contributed by atoms with van der Waals surface area (Å²) in [6.07, 6.45) is 13.1. The van der Waals surface area contributed by atoms with Crippen LogP contribution >= 0.6 is 0 Å². The summed E-state index contributed by atoms with van der Waals surface area (Å²) in [4.78, 5) is 90.6. The summed E-state index contributed by atoms with van der Waals surface area (Å²) in [5.74, 6) is -3.69. The normalized spacial score (nSPS) is 22.1. The van der Waals surface area contributed by atoms with Gasteiger partial charge in [0.25, 0.3) is 11.8 Å². The Morgan fingerprint density at radius 3 is 2.25 bits per heavy atom. The van der Waals surface area contributed by atoms with E-state index < -0.39 is 53.6 Å². The maximum absolute atomic E-state index is 14.4. The van der Waals surface area contributed by atoms with E-state index in [1.54, 1.807) is 0 Å². The number of likely N-dealkylation sites (tertiary alicyclic amines) is 1. The van der Waals surface area contributed by atoms with Gasteiger partial charge in [0.05, 0.1) is 12.2 Å². The molecule has 1 unspecified atom stereocenters. The molecule has 1 aromatic rings. The minimum Gasteiger partial charge on any atom is -0.347 e. The van der Waals surface area contributed by atoms with E-state index in [9.17, 15) is 28.8 Å². The molecule has 0 radical (unpaired) electrons. The van der Waals surface area contributed by atoms with Gasteiger partial charge in [-0.3, -0.25) is 33.8 Å². The molecule has 1 aliphatic heterocycles. The largest absolute Gasteiger partial charge is 0.347 e. The molecular formula is C35H53N7O6. The van der Waals surface area contributed by atoms with Crippen LogP contribution in [0.4, 0.5) is 0 Å². The van der Waals surface area contributed by atoms with Crippen molar-refractivity contribution >= 4 is 35.3 Å². The molecule has 6 atom stereocenters. The molecule has 0 spiro atoms. The zero-order chi connectivity index (χ0) is 34.8. The molecule has 5 amide bonds. The highest BCUT2D eigenvalue weighted by molar-refractivity contribution is 6.38. The van der Waals surface area contributed by atoms with E-state index in [1.807, 2.05) is 27.7 Å². The second-order valence-corrected chi connectivity index (χ2v) is 13.7. The van der Waals surface area contributed by atoms with Crippen molar-refractivity contribution in [2.45, 2.75) is 135 Å². The molecule has 0 aromatic carbocycles. The van der Waals surface area contributed by atoms with Crippen LogP contribution in [0.15, 0.2) is 18.6 Å². The van der Waals surface area contributed by atoms with Crippen LogP contribution in [0.25, 0.3) is 0 Å². The first kappa shape index (κ1) is 36.9. The van der Waals surface area contributed by atoms with E-state index in [4.69, 9.17) is 0 Å².